The molecule has 1 aromatic heterocycles. The van der Waals surface area contributed by atoms with Crippen LogP contribution in [0.25, 0.3) is 0 Å². The summed E-state index contributed by atoms with van der Waals surface area (Å²) in [6.07, 6.45) is 5.59. The first-order valence-corrected chi connectivity index (χ1v) is 8.61. The van der Waals surface area contributed by atoms with Crippen LogP contribution in [0.4, 0.5) is 0 Å². The standard InChI is InChI=1S/C16H27NOS/c1-12(2)17-10-14-7-8-15(18-14)11-19-16-6-4-5-13(3)9-16/h7-8,12-13,16-17H,4-6,9-11H2,1-3H3. The highest BCUT2D eigenvalue weighted by Crippen LogP contribution is 2.33. The molecule has 1 heterocycles. The molecule has 0 amide bonds. The molecule has 0 spiro atoms. The summed E-state index contributed by atoms with van der Waals surface area (Å²) in [5, 5.41) is 4.22. The van der Waals surface area contributed by atoms with Gasteiger partial charge in [0.2, 0.25) is 0 Å². The fourth-order valence-corrected chi connectivity index (χ4v) is 3.98. The molecule has 1 aliphatic carbocycles. The van der Waals surface area contributed by atoms with Gasteiger partial charge in [-0.3, -0.25) is 0 Å². The molecule has 1 saturated carbocycles. The SMILES string of the molecule is CC1CCCC(SCc2ccc(CNC(C)C)o2)C1. The average Bonchev–Trinajstić information content (AvgIpc) is 2.82. The van der Waals surface area contributed by atoms with Gasteiger partial charge in [-0.2, -0.15) is 11.8 Å². The van der Waals surface area contributed by atoms with E-state index in [-0.39, 0.29) is 0 Å². The minimum absolute atomic E-state index is 0.506. The van der Waals surface area contributed by atoms with E-state index in [1.165, 1.54) is 25.7 Å². The van der Waals surface area contributed by atoms with Gasteiger partial charge in [0, 0.05) is 11.3 Å². The van der Waals surface area contributed by atoms with Gasteiger partial charge in [-0.05, 0) is 30.9 Å². The van der Waals surface area contributed by atoms with E-state index in [0.717, 1.165) is 35.0 Å². The summed E-state index contributed by atoms with van der Waals surface area (Å²) in [5.74, 6) is 4.12. The Balaban J connectivity index is 1.73. The van der Waals surface area contributed by atoms with Gasteiger partial charge in [-0.15, -0.1) is 0 Å². The highest BCUT2D eigenvalue weighted by molar-refractivity contribution is 7.99. The average molecular weight is 281 g/mol. The van der Waals surface area contributed by atoms with Crippen LogP contribution >= 0.6 is 11.8 Å². The Bertz CT molecular complexity index is 375. The third-order valence-corrected chi connectivity index (χ3v) is 5.10. The van der Waals surface area contributed by atoms with Crippen LogP contribution in [0, 0.1) is 5.92 Å². The minimum Gasteiger partial charge on any atom is -0.464 e. The van der Waals surface area contributed by atoms with Crippen molar-refractivity contribution in [3.05, 3.63) is 23.7 Å². The van der Waals surface area contributed by atoms with E-state index >= 15 is 0 Å². The summed E-state index contributed by atoms with van der Waals surface area (Å²) in [5.41, 5.74) is 0. The fraction of sp³-hybridized carbons (Fsp3) is 0.750. The molecule has 2 rings (SSSR count). The molecule has 0 aromatic carbocycles. The number of nitrogens with one attached hydrogen (secondary N) is 1. The van der Waals surface area contributed by atoms with Crippen LogP contribution < -0.4 is 5.32 Å². The molecule has 108 valence electrons. The summed E-state index contributed by atoms with van der Waals surface area (Å²) in [4.78, 5) is 0. The fourth-order valence-electron chi connectivity index (χ4n) is 2.63. The first-order chi connectivity index (χ1) is 9.13. The number of hydrogen-bond donors (Lipinski definition) is 1. The van der Waals surface area contributed by atoms with Crippen molar-refractivity contribution in [2.45, 2.75) is 70.0 Å². The normalized spacial score (nSPS) is 24.0. The largest absolute Gasteiger partial charge is 0.464 e. The Kier molecular flexibility index (Phi) is 5.83. The maximum absolute atomic E-state index is 5.87. The Hall–Kier alpha value is -0.410. The van der Waals surface area contributed by atoms with Crippen molar-refractivity contribution in [3.63, 3.8) is 0 Å². The van der Waals surface area contributed by atoms with Crippen molar-refractivity contribution in [2.24, 2.45) is 5.92 Å². The lowest BCUT2D eigenvalue weighted by molar-refractivity contribution is 0.393. The van der Waals surface area contributed by atoms with Crippen LogP contribution in [0.3, 0.4) is 0 Å². The van der Waals surface area contributed by atoms with Crippen LogP contribution in [0.2, 0.25) is 0 Å². The van der Waals surface area contributed by atoms with Gasteiger partial charge in [-0.25, -0.2) is 0 Å². The highest BCUT2D eigenvalue weighted by Gasteiger charge is 2.19. The van der Waals surface area contributed by atoms with Crippen LogP contribution in [0.1, 0.15) is 58.0 Å². The molecule has 3 heteroatoms. The molecule has 2 atom stereocenters. The van der Waals surface area contributed by atoms with Crippen molar-refractivity contribution >= 4 is 11.8 Å². The lowest BCUT2D eigenvalue weighted by atomic mass is 9.91. The quantitative estimate of drug-likeness (QED) is 0.825. The number of rotatable bonds is 6. The molecule has 1 N–H and O–H groups in total. The van der Waals surface area contributed by atoms with E-state index in [9.17, 15) is 0 Å². The molecule has 1 fully saturated rings. The van der Waals surface area contributed by atoms with E-state index in [0.29, 0.717) is 6.04 Å². The van der Waals surface area contributed by atoms with Crippen molar-refractivity contribution in [1.29, 1.82) is 0 Å². The summed E-state index contributed by atoms with van der Waals surface area (Å²) in [6.45, 7) is 7.53. The smallest absolute Gasteiger partial charge is 0.118 e. The van der Waals surface area contributed by atoms with Crippen molar-refractivity contribution < 1.29 is 4.42 Å². The summed E-state index contributed by atoms with van der Waals surface area (Å²) >= 11 is 2.08. The second-order valence-corrected chi connectivity index (χ2v) is 7.40. The van der Waals surface area contributed by atoms with Gasteiger partial charge in [0.15, 0.2) is 0 Å². The van der Waals surface area contributed by atoms with Crippen LogP contribution in [0.15, 0.2) is 16.5 Å². The molecule has 1 aliphatic rings. The van der Waals surface area contributed by atoms with Gasteiger partial charge in [0.25, 0.3) is 0 Å². The molecule has 1 aromatic rings. The van der Waals surface area contributed by atoms with Gasteiger partial charge >= 0.3 is 0 Å². The first kappa shape index (κ1) is 15.0. The number of hydrogen-bond acceptors (Lipinski definition) is 3. The van der Waals surface area contributed by atoms with E-state index in [1.807, 2.05) is 0 Å². The van der Waals surface area contributed by atoms with Gasteiger partial charge in [-0.1, -0.05) is 33.6 Å². The topological polar surface area (TPSA) is 25.2 Å². The van der Waals surface area contributed by atoms with E-state index in [1.54, 1.807) is 0 Å². The lowest BCUT2D eigenvalue weighted by Crippen LogP contribution is -2.21. The summed E-state index contributed by atoms with van der Waals surface area (Å²) in [7, 11) is 0. The van der Waals surface area contributed by atoms with E-state index < -0.39 is 0 Å². The predicted molar refractivity (Wildman–Crippen MR) is 83.4 cm³/mol. The molecule has 0 radical (unpaired) electrons. The zero-order valence-corrected chi connectivity index (χ0v) is 13.3. The maximum atomic E-state index is 5.87. The molecule has 19 heavy (non-hydrogen) atoms. The second kappa shape index (κ2) is 7.39. The highest BCUT2D eigenvalue weighted by atomic mass is 32.2. The van der Waals surface area contributed by atoms with E-state index in [4.69, 9.17) is 4.42 Å². The molecular weight excluding hydrogens is 254 g/mol. The van der Waals surface area contributed by atoms with Gasteiger partial charge in [0.05, 0.1) is 12.3 Å². The third-order valence-electron chi connectivity index (χ3n) is 3.75. The van der Waals surface area contributed by atoms with Gasteiger partial charge in [0.1, 0.15) is 11.5 Å². The predicted octanol–water partition coefficient (Wildman–Crippen LogP) is 4.59. The second-order valence-electron chi connectivity index (χ2n) is 6.11. The maximum Gasteiger partial charge on any atom is 0.118 e. The molecule has 0 saturated heterocycles. The monoisotopic (exact) mass is 281 g/mol. The van der Waals surface area contributed by atoms with Crippen molar-refractivity contribution in [2.75, 3.05) is 0 Å². The molecule has 2 nitrogen and oxygen atoms in total. The Morgan fingerprint density at radius 1 is 1.32 bits per heavy atom. The first-order valence-electron chi connectivity index (χ1n) is 7.56. The van der Waals surface area contributed by atoms with Crippen molar-refractivity contribution in [1.82, 2.24) is 5.32 Å². The van der Waals surface area contributed by atoms with Crippen LogP contribution in [-0.2, 0) is 12.3 Å². The van der Waals surface area contributed by atoms with Crippen molar-refractivity contribution in [3.8, 4) is 0 Å². The lowest BCUT2D eigenvalue weighted by Gasteiger charge is -2.25. The Morgan fingerprint density at radius 3 is 2.84 bits per heavy atom. The zero-order valence-electron chi connectivity index (χ0n) is 12.4. The van der Waals surface area contributed by atoms with Crippen LogP contribution in [0.5, 0.6) is 0 Å². The third kappa shape index (κ3) is 5.23. The Morgan fingerprint density at radius 2 is 2.11 bits per heavy atom. The molecule has 2 unspecified atom stereocenters. The number of thioether (sulfide) groups is 1. The molecular formula is C16H27NOS. The molecule has 0 bridgehead atoms. The summed E-state index contributed by atoms with van der Waals surface area (Å²) in [6, 6.07) is 4.75. The zero-order chi connectivity index (χ0) is 13.7. The molecule has 0 aliphatic heterocycles. The minimum atomic E-state index is 0.506. The van der Waals surface area contributed by atoms with E-state index in [2.05, 4.69) is 50.0 Å². The Labute approximate surface area is 121 Å². The number of furan rings is 1. The summed E-state index contributed by atoms with van der Waals surface area (Å²) < 4.78 is 5.87. The van der Waals surface area contributed by atoms with Gasteiger partial charge < -0.3 is 9.73 Å². The van der Waals surface area contributed by atoms with Crippen LogP contribution in [-0.4, -0.2) is 11.3 Å².